The van der Waals surface area contributed by atoms with Gasteiger partial charge in [0.1, 0.15) is 11.1 Å². The zero-order chi connectivity index (χ0) is 16.5. The van der Waals surface area contributed by atoms with Gasteiger partial charge in [-0.3, -0.25) is 14.7 Å². The fraction of sp³-hybridized carbons (Fsp3) is 0.158. The maximum Gasteiger partial charge on any atom is 0.238 e. The van der Waals surface area contributed by atoms with E-state index in [-0.39, 0.29) is 11.3 Å². The number of hydrogen-bond donors (Lipinski definition) is 0. The van der Waals surface area contributed by atoms with Crippen LogP contribution in [0.4, 0.5) is 5.69 Å². The number of fused-ring (bicyclic) bond motifs is 1. The Morgan fingerprint density at radius 3 is 2.71 bits per heavy atom. The highest BCUT2D eigenvalue weighted by Gasteiger charge is 2.35. The molecule has 0 radical (unpaired) electrons. The van der Waals surface area contributed by atoms with Crippen LogP contribution in [0.2, 0.25) is 0 Å². The SMILES string of the molecule is COc1ccc(N2C(=O)CS[C@H]2c2cccc3cccnc23)cc1. The quantitative estimate of drug-likeness (QED) is 0.724. The molecule has 0 spiro atoms. The van der Waals surface area contributed by atoms with Crippen molar-refractivity contribution in [1.29, 1.82) is 0 Å². The van der Waals surface area contributed by atoms with Crippen LogP contribution >= 0.6 is 11.8 Å². The zero-order valence-corrected chi connectivity index (χ0v) is 14.0. The number of carbonyl (C=O) groups excluding carboxylic acids is 1. The average molecular weight is 336 g/mol. The van der Waals surface area contributed by atoms with Crippen LogP contribution < -0.4 is 9.64 Å². The molecular formula is C19H16N2O2S. The third-order valence-corrected chi connectivity index (χ3v) is 5.34. The fourth-order valence-corrected chi connectivity index (χ4v) is 4.20. The van der Waals surface area contributed by atoms with E-state index in [0.29, 0.717) is 5.75 Å². The Morgan fingerprint density at radius 1 is 1.12 bits per heavy atom. The van der Waals surface area contributed by atoms with Gasteiger partial charge < -0.3 is 4.74 Å². The van der Waals surface area contributed by atoms with Gasteiger partial charge in [-0.1, -0.05) is 24.3 Å². The number of anilines is 1. The number of aromatic nitrogens is 1. The number of rotatable bonds is 3. The third kappa shape index (κ3) is 2.51. The summed E-state index contributed by atoms with van der Waals surface area (Å²) in [6.45, 7) is 0. The van der Waals surface area contributed by atoms with Crippen molar-refractivity contribution >= 4 is 34.3 Å². The molecule has 0 aliphatic carbocycles. The molecule has 0 unspecified atom stereocenters. The molecule has 1 aliphatic heterocycles. The van der Waals surface area contributed by atoms with Gasteiger partial charge in [0.05, 0.1) is 18.4 Å². The maximum atomic E-state index is 12.5. The number of methoxy groups -OCH3 is 1. The first-order valence-electron chi connectivity index (χ1n) is 7.69. The number of carbonyl (C=O) groups is 1. The first kappa shape index (κ1) is 15.0. The first-order valence-corrected chi connectivity index (χ1v) is 8.74. The van der Waals surface area contributed by atoms with Gasteiger partial charge in [-0.2, -0.15) is 0 Å². The number of para-hydroxylation sites is 1. The largest absolute Gasteiger partial charge is 0.497 e. The minimum Gasteiger partial charge on any atom is -0.497 e. The molecule has 2 heterocycles. The molecule has 120 valence electrons. The summed E-state index contributed by atoms with van der Waals surface area (Å²) in [7, 11) is 1.64. The second-order valence-corrected chi connectivity index (χ2v) is 6.62. The summed E-state index contributed by atoms with van der Waals surface area (Å²) < 4.78 is 5.21. The van der Waals surface area contributed by atoms with Crippen LogP contribution in [0.1, 0.15) is 10.9 Å². The van der Waals surface area contributed by atoms with E-state index in [1.54, 1.807) is 25.1 Å². The summed E-state index contributed by atoms with van der Waals surface area (Å²) >= 11 is 1.64. The number of thioether (sulfide) groups is 1. The number of benzene rings is 2. The molecule has 3 aromatic rings. The Morgan fingerprint density at radius 2 is 1.92 bits per heavy atom. The van der Waals surface area contributed by atoms with Crippen molar-refractivity contribution in [3.05, 3.63) is 66.4 Å². The van der Waals surface area contributed by atoms with E-state index in [9.17, 15) is 4.79 Å². The highest BCUT2D eigenvalue weighted by atomic mass is 32.2. The zero-order valence-electron chi connectivity index (χ0n) is 13.2. The summed E-state index contributed by atoms with van der Waals surface area (Å²) in [5, 5.41) is 1.02. The highest BCUT2D eigenvalue weighted by molar-refractivity contribution is 8.00. The second kappa shape index (κ2) is 6.17. The molecule has 0 N–H and O–H groups in total. The molecule has 24 heavy (non-hydrogen) atoms. The van der Waals surface area contributed by atoms with Gasteiger partial charge in [-0.05, 0) is 30.3 Å². The number of hydrogen-bond acceptors (Lipinski definition) is 4. The van der Waals surface area contributed by atoms with E-state index in [0.717, 1.165) is 27.9 Å². The number of pyridine rings is 1. The fourth-order valence-electron chi connectivity index (χ4n) is 3.00. The van der Waals surface area contributed by atoms with Crippen molar-refractivity contribution in [1.82, 2.24) is 4.98 Å². The van der Waals surface area contributed by atoms with E-state index >= 15 is 0 Å². The summed E-state index contributed by atoms with van der Waals surface area (Å²) in [5.74, 6) is 1.37. The predicted octanol–water partition coefficient (Wildman–Crippen LogP) is 4.02. The van der Waals surface area contributed by atoms with Crippen LogP contribution in [0, 0.1) is 0 Å². The van der Waals surface area contributed by atoms with Crippen LogP contribution in [-0.2, 0) is 4.79 Å². The van der Waals surface area contributed by atoms with Crippen LogP contribution in [0.3, 0.4) is 0 Å². The lowest BCUT2D eigenvalue weighted by molar-refractivity contribution is -0.115. The topological polar surface area (TPSA) is 42.4 Å². The third-order valence-electron chi connectivity index (χ3n) is 4.15. The molecule has 1 atom stereocenters. The molecule has 5 heteroatoms. The van der Waals surface area contributed by atoms with E-state index in [4.69, 9.17) is 4.74 Å². The molecule has 2 aromatic carbocycles. The van der Waals surface area contributed by atoms with Crippen molar-refractivity contribution in [2.24, 2.45) is 0 Å². The van der Waals surface area contributed by atoms with Gasteiger partial charge in [0.25, 0.3) is 0 Å². The minimum atomic E-state index is -0.0653. The number of ether oxygens (including phenoxy) is 1. The lowest BCUT2D eigenvalue weighted by Gasteiger charge is -2.25. The number of amides is 1. The van der Waals surface area contributed by atoms with Gasteiger partial charge in [0.2, 0.25) is 5.91 Å². The molecule has 1 fully saturated rings. The minimum absolute atomic E-state index is 0.0653. The van der Waals surface area contributed by atoms with Crippen molar-refractivity contribution in [2.75, 3.05) is 17.8 Å². The molecule has 4 rings (SSSR count). The molecular weight excluding hydrogens is 320 g/mol. The lowest BCUT2D eigenvalue weighted by Crippen LogP contribution is -2.27. The summed E-state index contributed by atoms with van der Waals surface area (Å²) in [6, 6.07) is 17.7. The molecule has 1 amide bonds. The monoisotopic (exact) mass is 336 g/mol. The Balaban J connectivity index is 1.79. The highest BCUT2D eigenvalue weighted by Crippen LogP contribution is 2.43. The Labute approximate surface area is 144 Å². The molecule has 0 saturated carbocycles. The van der Waals surface area contributed by atoms with Gasteiger partial charge in [0.15, 0.2) is 0 Å². The summed E-state index contributed by atoms with van der Waals surface area (Å²) in [4.78, 5) is 18.9. The van der Waals surface area contributed by atoms with Crippen molar-refractivity contribution < 1.29 is 9.53 Å². The normalized spacial score (nSPS) is 17.5. The molecule has 1 aliphatic rings. The van der Waals surface area contributed by atoms with Crippen molar-refractivity contribution in [3.8, 4) is 5.75 Å². The van der Waals surface area contributed by atoms with Crippen molar-refractivity contribution in [3.63, 3.8) is 0 Å². The average Bonchev–Trinajstić information content (AvgIpc) is 3.02. The Bertz CT molecular complexity index is 890. The molecule has 4 nitrogen and oxygen atoms in total. The lowest BCUT2D eigenvalue weighted by atomic mass is 10.1. The van der Waals surface area contributed by atoms with E-state index in [1.807, 2.05) is 53.4 Å². The van der Waals surface area contributed by atoms with Gasteiger partial charge in [-0.25, -0.2) is 0 Å². The van der Waals surface area contributed by atoms with E-state index < -0.39 is 0 Å². The van der Waals surface area contributed by atoms with Crippen LogP contribution in [0.5, 0.6) is 5.75 Å². The molecule has 0 bridgehead atoms. The Kier molecular flexibility index (Phi) is 3.86. The summed E-state index contributed by atoms with van der Waals surface area (Å²) in [5.41, 5.74) is 2.90. The molecule has 1 aromatic heterocycles. The van der Waals surface area contributed by atoms with Crippen LogP contribution in [0.25, 0.3) is 10.9 Å². The van der Waals surface area contributed by atoms with E-state index in [1.165, 1.54) is 0 Å². The predicted molar refractivity (Wildman–Crippen MR) is 97.4 cm³/mol. The number of nitrogens with zero attached hydrogens (tertiary/aromatic N) is 2. The van der Waals surface area contributed by atoms with Gasteiger partial charge in [-0.15, -0.1) is 11.8 Å². The van der Waals surface area contributed by atoms with Gasteiger partial charge in [0, 0.05) is 22.8 Å². The van der Waals surface area contributed by atoms with Gasteiger partial charge >= 0.3 is 0 Å². The first-order chi connectivity index (χ1) is 11.8. The molecule has 1 saturated heterocycles. The van der Waals surface area contributed by atoms with Crippen LogP contribution in [0.15, 0.2) is 60.8 Å². The maximum absolute atomic E-state index is 12.5. The second-order valence-electron chi connectivity index (χ2n) is 5.55. The standard InChI is InChI=1S/C19H16N2O2S/c1-23-15-9-7-14(8-10-15)21-17(22)12-24-19(21)16-6-2-4-13-5-3-11-20-18(13)16/h2-11,19H,12H2,1H3/t19-/m0/s1. The smallest absolute Gasteiger partial charge is 0.238 e. The van der Waals surface area contributed by atoms with E-state index in [2.05, 4.69) is 11.1 Å². The van der Waals surface area contributed by atoms with Crippen LogP contribution in [-0.4, -0.2) is 23.8 Å². The summed E-state index contributed by atoms with van der Waals surface area (Å²) in [6.07, 6.45) is 1.80. The Hall–Kier alpha value is -2.53. The van der Waals surface area contributed by atoms with Crippen molar-refractivity contribution in [2.45, 2.75) is 5.37 Å².